The lowest BCUT2D eigenvalue weighted by atomic mass is 9.89. The van der Waals surface area contributed by atoms with E-state index in [1.54, 1.807) is 4.90 Å². The van der Waals surface area contributed by atoms with Crippen molar-refractivity contribution in [3.05, 3.63) is 65.7 Å². The number of benzene rings is 2. The van der Waals surface area contributed by atoms with E-state index in [9.17, 15) is 14.4 Å². The summed E-state index contributed by atoms with van der Waals surface area (Å²) < 4.78 is 16.9. The molecular formula is C32H40N4O6. The smallest absolute Gasteiger partial charge is 0.408 e. The van der Waals surface area contributed by atoms with Gasteiger partial charge in [0.1, 0.15) is 24.4 Å². The van der Waals surface area contributed by atoms with Gasteiger partial charge in [0.25, 0.3) is 0 Å². The van der Waals surface area contributed by atoms with Crippen LogP contribution in [0.4, 0.5) is 4.79 Å². The van der Waals surface area contributed by atoms with Crippen LogP contribution in [0.25, 0.3) is 0 Å². The van der Waals surface area contributed by atoms with E-state index in [-0.39, 0.29) is 36.4 Å². The average Bonchev–Trinajstić information content (AvgIpc) is 3.50. The summed E-state index contributed by atoms with van der Waals surface area (Å²) >= 11 is 0. The molecule has 4 aliphatic rings. The van der Waals surface area contributed by atoms with E-state index < -0.39 is 18.2 Å². The van der Waals surface area contributed by atoms with Crippen LogP contribution in [0.2, 0.25) is 0 Å². The Morgan fingerprint density at radius 3 is 2.55 bits per heavy atom. The number of carbonyl (C=O) groups excluding carboxylic acids is 3. The van der Waals surface area contributed by atoms with E-state index in [1.165, 1.54) is 0 Å². The molecule has 2 aromatic carbocycles. The van der Waals surface area contributed by atoms with Gasteiger partial charge in [0, 0.05) is 44.3 Å². The van der Waals surface area contributed by atoms with E-state index in [4.69, 9.17) is 14.2 Å². The van der Waals surface area contributed by atoms with Gasteiger partial charge >= 0.3 is 6.09 Å². The second-order valence-electron chi connectivity index (χ2n) is 11.7. The molecule has 0 aromatic heterocycles. The van der Waals surface area contributed by atoms with Crippen molar-refractivity contribution in [1.82, 2.24) is 20.4 Å². The lowest BCUT2D eigenvalue weighted by molar-refractivity contribution is -0.148. The molecule has 10 heteroatoms. The Kier molecular flexibility index (Phi) is 8.90. The molecule has 3 saturated heterocycles. The molecule has 3 fully saturated rings. The minimum Gasteiger partial charge on any atom is -0.493 e. The van der Waals surface area contributed by atoms with Crippen molar-refractivity contribution in [2.75, 3.05) is 39.5 Å². The largest absolute Gasteiger partial charge is 0.493 e. The molecule has 0 radical (unpaired) electrons. The Hall–Kier alpha value is -3.63. The number of para-hydroxylation sites is 1. The van der Waals surface area contributed by atoms with Gasteiger partial charge in [0.2, 0.25) is 11.8 Å². The Morgan fingerprint density at radius 1 is 0.929 bits per heavy atom. The number of hydrogen-bond acceptors (Lipinski definition) is 7. The van der Waals surface area contributed by atoms with E-state index in [1.807, 2.05) is 54.6 Å². The van der Waals surface area contributed by atoms with E-state index >= 15 is 0 Å². The number of piperazine rings is 1. The molecule has 0 spiro atoms. The Bertz CT molecular complexity index is 1250. The van der Waals surface area contributed by atoms with Crippen molar-refractivity contribution in [1.29, 1.82) is 0 Å². The molecule has 4 heterocycles. The fourth-order valence-corrected chi connectivity index (χ4v) is 6.75. The molecule has 10 nitrogen and oxygen atoms in total. The molecule has 224 valence electrons. The lowest BCUT2D eigenvalue weighted by Crippen LogP contribution is -2.66. The molecule has 0 saturated carbocycles. The van der Waals surface area contributed by atoms with Crippen molar-refractivity contribution < 1.29 is 28.6 Å². The topological polar surface area (TPSA) is 109 Å². The van der Waals surface area contributed by atoms with Crippen LogP contribution in [0, 0.1) is 5.92 Å². The van der Waals surface area contributed by atoms with E-state index in [2.05, 4.69) is 15.5 Å². The van der Waals surface area contributed by atoms with Gasteiger partial charge in [-0.05, 0) is 49.8 Å². The Balaban J connectivity index is 1.20. The summed E-state index contributed by atoms with van der Waals surface area (Å²) in [6, 6.07) is 15.8. The van der Waals surface area contributed by atoms with Crippen LogP contribution >= 0.6 is 0 Å². The van der Waals surface area contributed by atoms with Crippen LogP contribution in [0.5, 0.6) is 5.75 Å². The average molecular weight is 577 g/mol. The SMILES string of the molecule is O=C(N[C@H](C(=O)N1C[C@H]2CCCN2C[C@H]1C(=O)N[C@@H]1CCOc2ccccc21)C1CCOCC1)OCc1ccccc1. The second-order valence-corrected chi connectivity index (χ2v) is 11.7. The number of nitrogens with zero attached hydrogens (tertiary/aromatic N) is 2. The van der Waals surface area contributed by atoms with E-state index in [0.717, 1.165) is 36.3 Å². The standard InChI is InChI=1S/C32H40N4O6/c37-30(33-26-14-18-41-28-11-5-4-10-25(26)28)27-20-35-15-6-9-24(35)19-36(27)31(38)29(23-12-16-40-17-13-23)34-32(39)42-21-22-7-2-1-3-8-22/h1-5,7-8,10-11,23-24,26-27,29H,6,9,12-21H2,(H,33,37)(H,34,39)/t24-,26-,27+,29+/m1/s1. The highest BCUT2D eigenvalue weighted by Crippen LogP contribution is 2.33. The molecule has 42 heavy (non-hydrogen) atoms. The summed E-state index contributed by atoms with van der Waals surface area (Å²) in [6.45, 7) is 3.54. The highest BCUT2D eigenvalue weighted by atomic mass is 16.5. The van der Waals surface area contributed by atoms with Gasteiger partial charge in [-0.2, -0.15) is 0 Å². The first-order valence-corrected chi connectivity index (χ1v) is 15.2. The van der Waals surface area contributed by atoms with Crippen molar-refractivity contribution in [2.45, 2.75) is 62.9 Å². The number of rotatable bonds is 7. The highest BCUT2D eigenvalue weighted by molar-refractivity contribution is 5.92. The molecule has 2 N–H and O–H groups in total. The molecule has 0 bridgehead atoms. The summed E-state index contributed by atoms with van der Waals surface area (Å²) in [7, 11) is 0. The second kappa shape index (κ2) is 13.1. The number of alkyl carbamates (subject to hydrolysis) is 1. The molecular weight excluding hydrogens is 536 g/mol. The number of hydrogen-bond donors (Lipinski definition) is 2. The van der Waals surface area contributed by atoms with Crippen LogP contribution in [0.15, 0.2) is 54.6 Å². The van der Waals surface area contributed by atoms with Gasteiger partial charge < -0.3 is 29.7 Å². The third kappa shape index (κ3) is 6.39. The number of ether oxygens (including phenoxy) is 3. The molecule has 6 rings (SSSR count). The summed E-state index contributed by atoms with van der Waals surface area (Å²) in [6.07, 6.45) is 3.35. The number of nitrogens with one attached hydrogen (secondary N) is 2. The fourth-order valence-electron chi connectivity index (χ4n) is 6.75. The number of amides is 3. The fraction of sp³-hybridized carbons (Fsp3) is 0.531. The minimum absolute atomic E-state index is 0.108. The van der Waals surface area contributed by atoms with Crippen molar-refractivity contribution in [3.63, 3.8) is 0 Å². The molecule has 0 unspecified atom stereocenters. The Labute approximate surface area is 246 Å². The monoisotopic (exact) mass is 576 g/mol. The quantitative estimate of drug-likeness (QED) is 0.522. The molecule has 4 atom stereocenters. The zero-order valence-corrected chi connectivity index (χ0v) is 23.9. The lowest BCUT2D eigenvalue weighted by Gasteiger charge is -2.45. The van der Waals surface area contributed by atoms with Crippen LogP contribution in [0.3, 0.4) is 0 Å². The van der Waals surface area contributed by atoms with Crippen LogP contribution in [-0.2, 0) is 25.7 Å². The predicted octanol–water partition coefficient (Wildman–Crippen LogP) is 3.02. The van der Waals surface area contributed by atoms with Crippen molar-refractivity contribution >= 4 is 17.9 Å². The van der Waals surface area contributed by atoms with Gasteiger partial charge in [0.15, 0.2) is 0 Å². The van der Waals surface area contributed by atoms with Gasteiger partial charge in [0.05, 0.1) is 12.6 Å². The maximum Gasteiger partial charge on any atom is 0.408 e. The van der Waals surface area contributed by atoms with Gasteiger partial charge in [-0.15, -0.1) is 0 Å². The van der Waals surface area contributed by atoms with Crippen molar-refractivity contribution in [3.8, 4) is 5.75 Å². The van der Waals surface area contributed by atoms with Crippen molar-refractivity contribution in [2.24, 2.45) is 5.92 Å². The summed E-state index contributed by atoms with van der Waals surface area (Å²) in [5.74, 6) is 0.275. The number of carbonyl (C=O) groups is 3. The molecule has 3 amide bonds. The first-order valence-electron chi connectivity index (χ1n) is 15.2. The normalized spacial score (nSPS) is 25.0. The van der Waals surface area contributed by atoms with Gasteiger partial charge in [-0.25, -0.2) is 4.79 Å². The third-order valence-corrected chi connectivity index (χ3v) is 9.04. The first-order chi connectivity index (χ1) is 20.6. The van der Waals surface area contributed by atoms with Crippen LogP contribution in [0.1, 0.15) is 49.3 Å². The first kappa shape index (κ1) is 28.5. The third-order valence-electron chi connectivity index (χ3n) is 9.04. The maximum atomic E-state index is 14.4. The van der Waals surface area contributed by atoms with Crippen LogP contribution in [-0.4, -0.2) is 85.3 Å². The zero-order chi connectivity index (χ0) is 28.9. The summed E-state index contributed by atoms with van der Waals surface area (Å²) in [5, 5.41) is 6.13. The van der Waals surface area contributed by atoms with Gasteiger partial charge in [-0.3, -0.25) is 14.5 Å². The molecule has 2 aromatic rings. The predicted molar refractivity (Wildman–Crippen MR) is 155 cm³/mol. The zero-order valence-electron chi connectivity index (χ0n) is 23.9. The van der Waals surface area contributed by atoms with Gasteiger partial charge in [-0.1, -0.05) is 48.5 Å². The minimum atomic E-state index is -0.802. The summed E-state index contributed by atoms with van der Waals surface area (Å²) in [4.78, 5) is 45.4. The molecule has 4 aliphatic heterocycles. The molecule has 0 aliphatic carbocycles. The maximum absolute atomic E-state index is 14.4. The number of fused-ring (bicyclic) bond motifs is 2. The Morgan fingerprint density at radius 2 is 1.71 bits per heavy atom. The van der Waals surface area contributed by atoms with Crippen LogP contribution < -0.4 is 15.4 Å². The van der Waals surface area contributed by atoms with E-state index in [0.29, 0.717) is 52.2 Å². The summed E-state index contributed by atoms with van der Waals surface area (Å²) in [5.41, 5.74) is 1.82. The highest BCUT2D eigenvalue weighted by Gasteiger charge is 2.45.